The number of hydrogen-bond donors (Lipinski definition) is 0. The Bertz CT molecular complexity index is 3420. The third kappa shape index (κ3) is 3.83. The van der Waals surface area contributed by atoms with Crippen LogP contribution in [0.5, 0.6) is 0 Å². The highest BCUT2D eigenvalue weighted by atomic mass is 15.0. The molecule has 2 aliphatic heterocycles. The first-order valence-corrected chi connectivity index (χ1v) is 20.6. The molecule has 0 saturated carbocycles. The average molecular weight is 729 g/mol. The molecule has 0 radical (unpaired) electrons. The van der Waals surface area contributed by atoms with E-state index in [0.29, 0.717) is 0 Å². The maximum Gasteiger partial charge on any atom is 0.252 e. The van der Waals surface area contributed by atoms with Crippen LogP contribution in [0.1, 0.15) is 52.7 Å². The van der Waals surface area contributed by atoms with E-state index in [1.807, 2.05) is 0 Å². The van der Waals surface area contributed by atoms with E-state index in [9.17, 15) is 0 Å². The van der Waals surface area contributed by atoms with Crippen LogP contribution in [0.4, 0.5) is 0 Å². The van der Waals surface area contributed by atoms with Gasteiger partial charge in [-0.05, 0) is 94.9 Å². The van der Waals surface area contributed by atoms with E-state index < -0.39 is 0 Å². The first kappa shape index (κ1) is 31.8. The van der Waals surface area contributed by atoms with Crippen molar-refractivity contribution >= 4 is 110 Å². The zero-order valence-corrected chi connectivity index (χ0v) is 33.3. The first-order chi connectivity index (χ1) is 27.6. The minimum atomic E-state index is -0.0461. The molecule has 0 bridgehead atoms. The van der Waals surface area contributed by atoms with Gasteiger partial charge >= 0.3 is 0 Å². The normalized spacial score (nSPS) is 13.8. The summed E-state index contributed by atoms with van der Waals surface area (Å²) in [6.07, 6.45) is 0. The van der Waals surface area contributed by atoms with Crippen molar-refractivity contribution in [2.45, 2.75) is 52.4 Å². The lowest BCUT2D eigenvalue weighted by atomic mass is 9.34. The van der Waals surface area contributed by atoms with Crippen molar-refractivity contribution in [2.24, 2.45) is 0 Å². The zero-order chi connectivity index (χ0) is 38.3. The van der Waals surface area contributed by atoms with E-state index in [4.69, 9.17) is 0 Å². The number of nitrogens with zero attached hydrogens (tertiary/aromatic N) is 2. The van der Waals surface area contributed by atoms with Gasteiger partial charge in [0.1, 0.15) is 0 Å². The van der Waals surface area contributed by atoms with Crippen molar-refractivity contribution in [1.82, 2.24) is 9.13 Å². The molecule has 13 rings (SSSR count). The number of hydrogen-bond acceptors (Lipinski definition) is 0. The van der Waals surface area contributed by atoms with Crippen LogP contribution >= 0.6 is 0 Å². The molecule has 270 valence electrons. The highest BCUT2D eigenvalue weighted by Crippen LogP contribution is 2.47. The van der Waals surface area contributed by atoms with E-state index >= 15 is 0 Å². The molecular formula is C54H41BN2. The number of benzene rings is 9. The fourth-order valence-electron chi connectivity index (χ4n) is 11.2. The van der Waals surface area contributed by atoms with Gasteiger partial charge in [-0.3, -0.25) is 0 Å². The summed E-state index contributed by atoms with van der Waals surface area (Å²) >= 11 is 0. The molecule has 3 heteroatoms. The van der Waals surface area contributed by atoms with Crippen LogP contribution in [0.3, 0.4) is 0 Å². The van der Waals surface area contributed by atoms with E-state index in [2.05, 4.69) is 190 Å². The van der Waals surface area contributed by atoms with Crippen molar-refractivity contribution in [2.75, 3.05) is 0 Å². The Kier molecular flexibility index (Phi) is 5.78. The van der Waals surface area contributed by atoms with Gasteiger partial charge in [-0.25, -0.2) is 0 Å². The molecule has 0 spiro atoms. The molecule has 0 saturated heterocycles. The molecule has 0 N–H and O–H groups in total. The summed E-state index contributed by atoms with van der Waals surface area (Å²) in [5.74, 6) is 0. The summed E-state index contributed by atoms with van der Waals surface area (Å²) in [5.41, 5.74) is 14.8. The quantitative estimate of drug-likeness (QED) is 0.109. The molecule has 0 amide bonds. The fraction of sp³-hybridized carbons (Fsp3) is 0.148. The molecule has 0 aliphatic carbocycles. The van der Waals surface area contributed by atoms with Crippen LogP contribution in [0, 0.1) is 0 Å². The van der Waals surface area contributed by atoms with Crippen molar-refractivity contribution < 1.29 is 0 Å². The Hall–Kier alpha value is -6.32. The SMILES string of the molecule is CC(C)(C)c1cc2c3c(c1)c1c4ccccc4c4ccccc4c1n3-c1cccc3c1B2c1cc(C(C)(C)C)cc2c4c5ccccc5c5ccccc5c4n-3c12. The van der Waals surface area contributed by atoms with E-state index in [1.165, 1.54) is 126 Å². The second kappa shape index (κ2) is 10.3. The lowest BCUT2D eigenvalue weighted by Gasteiger charge is -2.35. The minimum Gasteiger partial charge on any atom is -0.310 e. The molecule has 0 unspecified atom stereocenters. The lowest BCUT2D eigenvalue weighted by molar-refractivity contribution is 0.591. The number of rotatable bonds is 0. The summed E-state index contributed by atoms with van der Waals surface area (Å²) in [7, 11) is 0. The Labute approximate surface area is 332 Å². The second-order valence-corrected chi connectivity index (χ2v) is 18.9. The summed E-state index contributed by atoms with van der Waals surface area (Å²) < 4.78 is 5.34. The van der Waals surface area contributed by atoms with Crippen LogP contribution in [0.15, 0.2) is 140 Å². The van der Waals surface area contributed by atoms with Crippen molar-refractivity contribution in [1.29, 1.82) is 0 Å². The lowest BCUT2D eigenvalue weighted by Crippen LogP contribution is -2.59. The second-order valence-electron chi connectivity index (χ2n) is 18.9. The van der Waals surface area contributed by atoms with Crippen molar-refractivity contribution in [3.63, 3.8) is 0 Å². The van der Waals surface area contributed by atoms with Gasteiger partial charge in [0.2, 0.25) is 0 Å². The predicted molar refractivity (Wildman–Crippen MR) is 247 cm³/mol. The van der Waals surface area contributed by atoms with Crippen molar-refractivity contribution in [3.05, 3.63) is 151 Å². The van der Waals surface area contributed by atoms with Crippen LogP contribution in [-0.4, -0.2) is 15.8 Å². The van der Waals surface area contributed by atoms with Gasteiger partial charge in [-0.2, -0.15) is 0 Å². The van der Waals surface area contributed by atoms with Gasteiger partial charge in [0.05, 0.1) is 11.0 Å². The molecule has 9 aromatic carbocycles. The van der Waals surface area contributed by atoms with Gasteiger partial charge < -0.3 is 9.13 Å². The predicted octanol–water partition coefficient (Wildman–Crippen LogP) is 12.2. The summed E-state index contributed by atoms with van der Waals surface area (Å²) in [5, 5.41) is 15.9. The monoisotopic (exact) mass is 728 g/mol. The van der Waals surface area contributed by atoms with Gasteiger partial charge in [0.25, 0.3) is 6.71 Å². The maximum atomic E-state index is 2.67. The molecule has 2 aliphatic rings. The summed E-state index contributed by atoms with van der Waals surface area (Å²) in [4.78, 5) is 0. The van der Waals surface area contributed by atoms with E-state index in [0.717, 1.165) is 0 Å². The largest absolute Gasteiger partial charge is 0.310 e. The molecule has 0 atom stereocenters. The van der Waals surface area contributed by atoms with Crippen molar-refractivity contribution in [3.8, 4) is 11.4 Å². The van der Waals surface area contributed by atoms with Crippen LogP contribution < -0.4 is 16.4 Å². The molecule has 4 heterocycles. The third-order valence-electron chi connectivity index (χ3n) is 13.7. The summed E-state index contributed by atoms with van der Waals surface area (Å²) in [6, 6.07) is 53.7. The average Bonchev–Trinajstić information content (AvgIpc) is 3.76. The van der Waals surface area contributed by atoms with Gasteiger partial charge in [0.15, 0.2) is 0 Å². The molecule has 57 heavy (non-hydrogen) atoms. The number of aromatic nitrogens is 2. The standard InChI is InChI=1S/C54H41BN2/c1-53(2,3)30-26-40-46-36-20-11-7-16-32(36)34-18-9-13-22-38(34)51(46)56-44-24-15-25-45-48(44)55(42(28-30)49(40)56)43-29-31(54(4,5)6)27-41-47-37-21-12-8-17-33(37)35-19-10-14-23-39(35)52(47)57(45)50(41)43/h7-29H,1-6H3. The molecule has 0 fully saturated rings. The van der Waals surface area contributed by atoms with E-state index in [1.54, 1.807) is 0 Å². The van der Waals surface area contributed by atoms with Crippen LogP contribution in [0.2, 0.25) is 0 Å². The van der Waals surface area contributed by atoms with Crippen LogP contribution in [-0.2, 0) is 10.8 Å². The minimum absolute atomic E-state index is 0.0461. The van der Waals surface area contributed by atoms with Gasteiger partial charge in [0, 0.05) is 54.7 Å². The zero-order valence-electron chi connectivity index (χ0n) is 33.3. The maximum absolute atomic E-state index is 2.67. The van der Waals surface area contributed by atoms with Gasteiger partial charge in [-0.1, -0.05) is 157 Å². The summed E-state index contributed by atoms with van der Waals surface area (Å²) in [6.45, 7) is 14.3. The first-order valence-electron chi connectivity index (χ1n) is 20.6. The topological polar surface area (TPSA) is 9.86 Å². The molecule has 2 nitrogen and oxygen atoms in total. The molecular weight excluding hydrogens is 687 g/mol. The van der Waals surface area contributed by atoms with Gasteiger partial charge in [-0.15, -0.1) is 0 Å². The Morgan fingerprint density at radius 3 is 1.09 bits per heavy atom. The number of fused-ring (bicyclic) bond motifs is 20. The van der Waals surface area contributed by atoms with E-state index in [-0.39, 0.29) is 17.5 Å². The highest BCUT2D eigenvalue weighted by molar-refractivity contribution is 7.00. The Morgan fingerprint density at radius 2 is 0.702 bits per heavy atom. The Balaban J connectivity index is 1.33. The Morgan fingerprint density at radius 1 is 0.351 bits per heavy atom. The highest BCUT2D eigenvalue weighted by Gasteiger charge is 2.43. The fourth-order valence-corrected chi connectivity index (χ4v) is 11.2. The molecule has 11 aromatic rings. The molecule has 2 aromatic heterocycles. The third-order valence-corrected chi connectivity index (χ3v) is 13.7. The smallest absolute Gasteiger partial charge is 0.252 e. The van der Waals surface area contributed by atoms with Crippen LogP contribution in [0.25, 0.3) is 98.1 Å².